The fourth-order valence-electron chi connectivity index (χ4n) is 2.81. The highest BCUT2D eigenvalue weighted by Gasteiger charge is 2.30. The van der Waals surface area contributed by atoms with Crippen LogP contribution in [0.5, 0.6) is 0 Å². The van der Waals surface area contributed by atoms with E-state index in [0.717, 1.165) is 30.7 Å². The Kier molecular flexibility index (Phi) is 2.88. The molecule has 2 aromatic heterocycles. The monoisotopic (exact) mass is 243 g/mol. The topological polar surface area (TPSA) is 50.9 Å². The molecule has 0 radical (unpaired) electrons. The van der Waals surface area contributed by atoms with Gasteiger partial charge in [-0.2, -0.15) is 0 Å². The molecule has 2 aromatic rings. The van der Waals surface area contributed by atoms with Crippen molar-refractivity contribution >= 4 is 0 Å². The van der Waals surface area contributed by atoms with E-state index in [1.54, 1.807) is 12.5 Å². The van der Waals surface area contributed by atoms with E-state index >= 15 is 0 Å². The molecule has 1 aliphatic rings. The minimum Gasteiger partial charge on any atom is -0.386 e. The number of nitrogens with zero attached hydrogens (tertiary/aromatic N) is 3. The van der Waals surface area contributed by atoms with Crippen molar-refractivity contribution in [2.75, 3.05) is 0 Å². The van der Waals surface area contributed by atoms with Gasteiger partial charge in [0.1, 0.15) is 6.10 Å². The van der Waals surface area contributed by atoms with Crippen LogP contribution in [-0.2, 0) is 13.5 Å². The van der Waals surface area contributed by atoms with Crippen LogP contribution in [0.1, 0.15) is 41.8 Å². The molecule has 0 amide bonds. The van der Waals surface area contributed by atoms with E-state index in [9.17, 15) is 5.11 Å². The third kappa shape index (κ3) is 1.82. The number of hydrogen-bond donors (Lipinski definition) is 1. The van der Waals surface area contributed by atoms with Crippen LogP contribution in [0.3, 0.4) is 0 Å². The molecule has 2 atom stereocenters. The summed E-state index contributed by atoms with van der Waals surface area (Å²) in [5, 5.41) is 10.6. The molecule has 0 bridgehead atoms. The summed E-state index contributed by atoms with van der Waals surface area (Å²) in [5.41, 5.74) is 3.19. The highest BCUT2D eigenvalue weighted by Crippen LogP contribution is 2.38. The summed E-state index contributed by atoms with van der Waals surface area (Å²) in [4.78, 5) is 8.55. The van der Waals surface area contributed by atoms with Crippen LogP contribution in [0.25, 0.3) is 0 Å². The zero-order valence-corrected chi connectivity index (χ0v) is 10.5. The van der Waals surface area contributed by atoms with E-state index in [-0.39, 0.29) is 5.92 Å². The Hall–Kier alpha value is -1.68. The van der Waals surface area contributed by atoms with Crippen LogP contribution in [-0.4, -0.2) is 19.6 Å². The summed E-state index contributed by atoms with van der Waals surface area (Å²) < 4.78 is 1.88. The van der Waals surface area contributed by atoms with Crippen molar-refractivity contribution in [3.05, 3.63) is 47.8 Å². The lowest BCUT2D eigenvalue weighted by Gasteiger charge is -2.28. The molecule has 1 aliphatic carbocycles. The van der Waals surface area contributed by atoms with Crippen molar-refractivity contribution in [3.63, 3.8) is 0 Å². The Morgan fingerprint density at radius 3 is 3.17 bits per heavy atom. The van der Waals surface area contributed by atoms with Crippen molar-refractivity contribution in [1.29, 1.82) is 0 Å². The minimum absolute atomic E-state index is 0.0883. The van der Waals surface area contributed by atoms with Crippen LogP contribution in [0.4, 0.5) is 0 Å². The van der Waals surface area contributed by atoms with Crippen molar-refractivity contribution in [1.82, 2.24) is 14.5 Å². The fraction of sp³-hybridized carbons (Fsp3) is 0.429. The molecule has 0 aliphatic heterocycles. The Bertz CT molecular complexity index is 549. The van der Waals surface area contributed by atoms with Crippen LogP contribution in [0.2, 0.25) is 0 Å². The van der Waals surface area contributed by atoms with Crippen LogP contribution >= 0.6 is 0 Å². The Morgan fingerprint density at radius 1 is 1.50 bits per heavy atom. The Balaban J connectivity index is 1.97. The summed E-state index contributed by atoms with van der Waals surface area (Å²) in [6, 6.07) is 4.09. The zero-order chi connectivity index (χ0) is 12.5. The normalized spacial score (nSPS) is 20.4. The quantitative estimate of drug-likeness (QED) is 0.877. The maximum Gasteiger partial charge on any atom is 0.104 e. The molecular weight excluding hydrogens is 226 g/mol. The number of pyridine rings is 1. The van der Waals surface area contributed by atoms with Gasteiger partial charge in [0.2, 0.25) is 0 Å². The predicted octanol–water partition coefficient (Wildman–Crippen LogP) is 1.97. The van der Waals surface area contributed by atoms with Gasteiger partial charge in [-0.05, 0) is 30.9 Å². The third-order valence-corrected chi connectivity index (χ3v) is 3.78. The maximum absolute atomic E-state index is 10.6. The molecular formula is C14H17N3O. The molecule has 18 heavy (non-hydrogen) atoms. The number of rotatable bonds is 2. The van der Waals surface area contributed by atoms with Crippen molar-refractivity contribution < 1.29 is 5.11 Å². The van der Waals surface area contributed by atoms with E-state index in [1.165, 1.54) is 5.56 Å². The molecule has 0 saturated carbocycles. The number of hydrogen-bond acceptors (Lipinski definition) is 3. The highest BCUT2D eigenvalue weighted by atomic mass is 16.3. The second-order valence-corrected chi connectivity index (χ2v) is 4.92. The number of aryl methyl sites for hydroxylation is 2. The molecule has 0 aromatic carbocycles. The number of imidazole rings is 1. The van der Waals surface area contributed by atoms with Gasteiger partial charge in [-0.1, -0.05) is 6.07 Å². The maximum atomic E-state index is 10.6. The summed E-state index contributed by atoms with van der Waals surface area (Å²) in [5.74, 6) is 0.0883. The number of aliphatic hydroxyl groups excluding tert-OH is 1. The lowest BCUT2D eigenvalue weighted by Crippen LogP contribution is -2.20. The standard InChI is InChI=1S/C14H17N3O/c1-17-9-15-8-12(17)14(18)11-6-2-4-10-5-3-7-16-13(10)11/h3,5,7-9,11,14,18H,2,4,6H2,1H3. The Morgan fingerprint density at radius 2 is 2.39 bits per heavy atom. The van der Waals surface area contributed by atoms with Gasteiger partial charge in [0.25, 0.3) is 0 Å². The smallest absolute Gasteiger partial charge is 0.104 e. The first-order valence-corrected chi connectivity index (χ1v) is 6.35. The van der Waals surface area contributed by atoms with Crippen LogP contribution in [0.15, 0.2) is 30.9 Å². The lowest BCUT2D eigenvalue weighted by atomic mass is 9.82. The first-order valence-electron chi connectivity index (χ1n) is 6.35. The van der Waals surface area contributed by atoms with E-state index in [1.807, 2.05) is 23.9 Å². The van der Waals surface area contributed by atoms with Gasteiger partial charge in [0.15, 0.2) is 0 Å². The van der Waals surface area contributed by atoms with Gasteiger partial charge in [0.05, 0.1) is 18.2 Å². The molecule has 2 unspecified atom stereocenters. The summed E-state index contributed by atoms with van der Waals surface area (Å²) in [7, 11) is 1.91. The van der Waals surface area contributed by atoms with Gasteiger partial charge >= 0.3 is 0 Å². The number of aliphatic hydroxyl groups is 1. The van der Waals surface area contributed by atoms with Crippen LogP contribution in [0, 0.1) is 0 Å². The summed E-state index contributed by atoms with van der Waals surface area (Å²) >= 11 is 0. The van der Waals surface area contributed by atoms with Gasteiger partial charge in [0, 0.05) is 24.9 Å². The van der Waals surface area contributed by atoms with E-state index in [2.05, 4.69) is 16.0 Å². The average molecular weight is 243 g/mol. The number of aromatic nitrogens is 3. The van der Waals surface area contributed by atoms with Gasteiger partial charge in [-0.25, -0.2) is 4.98 Å². The van der Waals surface area contributed by atoms with Crippen LogP contribution < -0.4 is 0 Å². The minimum atomic E-state index is -0.522. The molecule has 0 spiro atoms. The van der Waals surface area contributed by atoms with E-state index in [0.29, 0.717) is 0 Å². The SMILES string of the molecule is Cn1cncc1C(O)C1CCCc2cccnc21. The van der Waals surface area contributed by atoms with Gasteiger partial charge in [-0.3, -0.25) is 4.98 Å². The van der Waals surface area contributed by atoms with Crippen molar-refractivity contribution in [3.8, 4) is 0 Å². The van der Waals surface area contributed by atoms with Gasteiger partial charge < -0.3 is 9.67 Å². The summed E-state index contributed by atoms with van der Waals surface area (Å²) in [6.07, 6.45) is 7.91. The largest absolute Gasteiger partial charge is 0.386 e. The second-order valence-electron chi connectivity index (χ2n) is 4.92. The molecule has 1 N–H and O–H groups in total. The van der Waals surface area contributed by atoms with E-state index in [4.69, 9.17) is 0 Å². The summed E-state index contributed by atoms with van der Waals surface area (Å²) in [6.45, 7) is 0. The molecule has 2 heterocycles. The average Bonchev–Trinajstić information content (AvgIpc) is 2.83. The first-order chi connectivity index (χ1) is 8.77. The molecule has 94 valence electrons. The first kappa shape index (κ1) is 11.4. The van der Waals surface area contributed by atoms with Gasteiger partial charge in [-0.15, -0.1) is 0 Å². The predicted molar refractivity (Wildman–Crippen MR) is 68.1 cm³/mol. The fourth-order valence-corrected chi connectivity index (χ4v) is 2.81. The highest BCUT2D eigenvalue weighted by molar-refractivity contribution is 5.28. The molecule has 0 fully saturated rings. The molecule has 4 heteroatoms. The molecule has 4 nitrogen and oxygen atoms in total. The second kappa shape index (κ2) is 4.53. The zero-order valence-electron chi connectivity index (χ0n) is 10.5. The lowest BCUT2D eigenvalue weighted by molar-refractivity contribution is 0.126. The van der Waals surface area contributed by atoms with E-state index < -0.39 is 6.10 Å². The molecule has 3 rings (SSSR count). The van der Waals surface area contributed by atoms with Crippen molar-refractivity contribution in [2.45, 2.75) is 31.3 Å². The van der Waals surface area contributed by atoms with Crippen molar-refractivity contribution in [2.24, 2.45) is 7.05 Å². The third-order valence-electron chi connectivity index (χ3n) is 3.78. The molecule has 0 saturated heterocycles. The number of fused-ring (bicyclic) bond motifs is 1. The Labute approximate surface area is 106 Å².